The number of hydrogen-bond donors (Lipinski definition) is 3. The third-order valence-corrected chi connectivity index (χ3v) is 2.37. The molecule has 1 aromatic carbocycles. The third kappa shape index (κ3) is 2.81. The average molecular weight is 230 g/mol. The molecule has 0 bridgehead atoms. The summed E-state index contributed by atoms with van der Waals surface area (Å²) in [5, 5.41) is 3.06. The Morgan fingerprint density at radius 1 is 1.06 bits per heavy atom. The minimum absolute atomic E-state index is 0.116. The lowest BCUT2D eigenvalue weighted by atomic mass is 10.1. The first-order chi connectivity index (χ1) is 8.15. The van der Waals surface area contributed by atoms with Gasteiger partial charge in [0.05, 0.1) is 0 Å². The van der Waals surface area contributed by atoms with Gasteiger partial charge in [-0.25, -0.2) is 0 Å². The number of hydrogen-bond acceptors (Lipinski definition) is 6. The summed E-state index contributed by atoms with van der Waals surface area (Å²) < 4.78 is 0. The number of nitrogens with zero attached hydrogens (tertiary/aromatic N) is 3. The highest BCUT2D eigenvalue weighted by molar-refractivity contribution is 5.38. The summed E-state index contributed by atoms with van der Waals surface area (Å²) in [5.41, 5.74) is 13.3. The molecule has 0 fully saturated rings. The van der Waals surface area contributed by atoms with Gasteiger partial charge in [-0.15, -0.1) is 0 Å². The van der Waals surface area contributed by atoms with Crippen molar-refractivity contribution >= 4 is 17.8 Å². The van der Waals surface area contributed by atoms with Gasteiger partial charge in [0.15, 0.2) is 0 Å². The molecule has 0 saturated heterocycles. The van der Waals surface area contributed by atoms with Gasteiger partial charge in [-0.05, 0) is 18.1 Å². The summed E-state index contributed by atoms with van der Waals surface area (Å²) in [4.78, 5) is 11.6. The highest BCUT2D eigenvalue weighted by Crippen LogP contribution is 2.10. The van der Waals surface area contributed by atoms with Crippen LogP contribution in [-0.2, 0) is 6.54 Å². The van der Waals surface area contributed by atoms with Crippen LogP contribution in [0.25, 0.3) is 0 Å². The summed E-state index contributed by atoms with van der Waals surface area (Å²) in [6.45, 7) is 2.67. The Balaban J connectivity index is 2.10. The first-order valence-corrected chi connectivity index (χ1v) is 5.20. The monoisotopic (exact) mass is 230 g/mol. The van der Waals surface area contributed by atoms with Crippen LogP contribution in [0.1, 0.15) is 11.1 Å². The molecule has 0 radical (unpaired) electrons. The quantitative estimate of drug-likeness (QED) is 0.725. The number of nitrogens with two attached hydrogens (primary N) is 2. The van der Waals surface area contributed by atoms with E-state index in [2.05, 4.69) is 20.3 Å². The lowest BCUT2D eigenvalue weighted by Gasteiger charge is -2.07. The zero-order chi connectivity index (χ0) is 12.3. The molecule has 6 heteroatoms. The van der Waals surface area contributed by atoms with Crippen molar-refractivity contribution in [2.24, 2.45) is 0 Å². The second-order valence-electron chi connectivity index (χ2n) is 3.66. The molecule has 0 aliphatic rings. The van der Waals surface area contributed by atoms with Gasteiger partial charge >= 0.3 is 0 Å². The Hall–Kier alpha value is -2.37. The van der Waals surface area contributed by atoms with Crippen molar-refractivity contribution in [1.82, 2.24) is 15.0 Å². The minimum Gasteiger partial charge on any atom is -0.368 e. The summed E-state index contributed by atoms with van der Waals surface area (Å²) >= 11 is 0. The van der Waals surface area contributed by atoms with E-state index < -0.39 is 0 Å². The highest BCUT2D eigenvalue weighted by atomic mass is 15.2. The molecule has 2 aromatic rings. The summed E-state index contributed by atoms with van der Waals surface area (Å²) in [7, 11) is 0. The summed E-state index contributed by atoms with van der Waals surface area (Å²) in [5.74, 6) is 0.618. The predicted octanol–water partition coefficient (Wildman–Crippen LogP) is 0.957. The van der Waals surface area contributed by atoms with E-state index in [0.29, 0.717) is 12.5 Å². The molecule has 0 unspecified atom stereocenters. The van der Waals surface area contributed by atoms with Gasteiger partial charge in [0.2, 0.25) is 17.8 Å². The molecule has 0 spiro atoms. The van der Waals surface area contributed by atoms with Crippen LogP contribution in [0.3, 0.4) is 0 Å². The average Bonchev–Trinajstić information content (AvgIpc) is 2.27. The van der Waals surface area contributed by atoms with Crippen molar-refractivity contribution in [3.8, 4) is 0 Å². The van der Waals surface area contributed by atoms with Gasteiger partial charge in [-0.1, -0.05) is 24.3 Å². The molecule has 5 N–H and O–H groups in total. The van der Waals surface area contributed by atoms with E-state index in [-0.39, 0.29) is 11.9 Å². The second kappa shape index (κ2) is 4.65. The van der Waals surface area contributed by atoms with E-state index in [1.807, 2.05) is 31.2 Å². The number of rotatable bonds is 3. The van der Waals surface area contributed by atoms with Crippen LogP contribution < -0.4 is 16.8 Å². The predicted molar refractivity (Wildman–Crippen MR) is 67.2 cm³/mol. The van der Waals surface area contributed by atoms with Gasteiger partial charge in [0.25, 0.3) is 0 Å². The first-order valence-electron chi connectivity index (χ1n) is 5.20. The van der Waals surface area contributed by atoms with Gasteiger partial charge in [-0.3, -0.25) is 0 Å². The standard InChI is InChI=1S/C11H14N6/c1-7-4-2-3-5-8(7)6-14-11-16-9(12)15-10(13)17-11/h2-5H,6H2,1H3,(H5,12,13,14,15,16,17). The molecule has 0 aliphatic heterocycles. The number of nitrogen functional groups attached to an aromatic ring is 2. The van der Waals surface area contributed by atoms with Gasteiger partial charge in [0.1, 0.15) is 0 Å². The van der Waals surface area contributed by atoms with Crippen LogP contribution in [-0.4, -0.2) is 15.0 Å². The van der Waals surface area contributed by atoms with Crippen molar-refractivity contribution in [2.45, 2.75) is 13.5 Å². The van der Waals surface area contributed by atoms with Gasteiger partial charge < -0.3 is 16.8 Å². The maximum absolute atomic E-state index is 5.48. The molecule has 0 atom stereocenters. The maximum atomic E-state index is 5.48. The third-order valence-electron chi connectivity index (χ3n) is 2.37. The maximum Gasteiger partial charge on any atom is 0.229 e. The van der Waals surface area contributed by atoms with E-state index in [1.54, 1.807) is 0 Å². The van der Waals surface area contributed by atoms with Crippen LogP contribution in [0.4, 0.5) is 17.8 Å². The normalized spacial score (nSPS) is 10.2. The number of aryl methyl sites for hydroxylation is 1. The van der Waals surface area contributed by atoms with E-state index >= 15 is 0 Å². The van der Waals surface area contributed by atoms with Crippen molar-refractivity contribution in [3.63, 3.8) is 0 Å². The lowest BCUT2D eigenvalue weighted by molar-refractivity contribution is 1.01. The Morgan fingerprint density at radius 3 is 2.35 bits per heavy atom. The molecule has 0 aliphatic carbocycles. The Kier molecular flexibility index (Phi) is 3.04. The zero-order valence-electron chi connectivity index (χ0n) is 9.51. The molecule has 1 aromatic heterocycles. The van der Waals surface area contributed by atoms with Crippen LogP contribution in [0, 0.1) is 6.92 Å². The van der Waals surface area contributed by atoms with E-state index in [1.165, 1.54) is 11.1 Å². The van der Waals surface area contributed by atoms with Crippen LogP contribution in [0.5, 0.6) is 0 Å². The fourth-order valence-corrected chi connectivity index (χ4v) is 1.47. The SMILES string of the molecule is Cc1ccccc1CNc1nc(N)nc(N)n1. The fraction of sp³-hybridized carbons (Fsp3) is 0.182. The van der Waals surface area contributed by atoms with Crippen molar-refractivity contribution in [1.29, 1.82) is 0 Å². The van der Waals surface area contributed by atoms with E-state index in [0.717, 1.165) is 0 Å². The fourth-order valence-electron chi connectivity index (χ4n) is 1.47. The second-order valence-corrected chi connectivity index (χ2v) is 3.66. The molecular formula is C11H14N6. The van der Waals surface area contributed by atoms with Gasteiger partial charge in [0, 0.05) is 6.54 Å². The number of aromatic nitrogens is 3. The smallest absolute Gasteiger partial charge is 0.229 e. The molecule has 1 heterocycles. The molecule has 6 nitrogen and oxygen atoms in total. The zero-order valence-corrected chi connectivity index (χ0v) is 9.51. The van der Waals surface area contributed by atoms with Crippen molar-refractivity contribution < 1.29 is 0 Å². The van der Waals surface area contributed by atoms with Crippen molar-refractivity contribution in [3.05, 3.63) is 35.4 Å². The van der Waals surface area contributed by atoms with E-state index in [9.17, 15) is 0 Å². The van der Waals surface area contributed by atoms with Crippen LogP contribution in [0.15, 0.2) is 24.3 Å². The Morgan fingerprint density at radius 2 is 1.71 bits per heavy atom. The minimum atomic E-state index is 0.116. The first kappa shape index (κ1) is 11.1. The largest absolute Gasteiger partial charge is 0.368 e. The lowest BCUT2D eigenvalue weighted by Crippen LogP contribution is -2.09. The van der Waals surface area contributed by atoms with Gasteiger partial charge in [-0.2, -0.15) is 15.0 Å². The number of benzene rings is 1. The van der Waals surface area contributed by atoms with Crippen LogP contribution in [0.2, 0.25) is 0 Å². The highest BCUT2D eigenvalue weighted by Gasteiger charge is 2.02. The number of anilines is 3. The molecular weight excluding hydrogens is 216 g/mol. The summed E-state index contributed by atoms with van der Waals surface area (Å²) in [6, 6.07) is 8.07. The Labute approximate surface area is 99.1 Å². The molecule has 0 saturated carbocycles. The molecule has 2 rings (SSSR count). The summed E-state index contributed by atoms with van der Waals surface area (Å²) in [6.07, 6.45) is 0. The molecule has 88 valence electrons. The Bertz CT molecular complexity index is 505. The van der Waals surface area contributed by atoms with Crippen molar-refractivity contribution in [2.75, 3.05) is 16.8 Å². The number of nitrogens with one attached hydrogen (secondary N) is 1. The van der Waals surface area contributed by atoms with E-state index in [4.69, 9.17) is 11.5 Å². The van der Waals surface area contributed by atoms with Crippen LogP contribution >= 0.6 is 0 Å². The molecule has 0 amide bonds. The molecule has 17 heavy (non-hydrogen) atoms. The topological polar surface area (TPSA) is 103 Å².